The molecule has 0 bridgehead atoms. The third-order valence-electron chi connectivity index (χ3n) is 20.2. The molecule has 0 aliphatic heterocycles. The molecule has 0 spiro atoms. The average Bonchev–Trinajstić information content (AvgIpc) is 0.747. The molecule has 0 aliphatic rings. The van der Waals surface area contributed by atoms with Crippen LogP contribution in [0.3, 0.4) is 0 Å². The summed E-state index contributed by atoms with van der Waals surface area (Å²) in [4.78, 5) is 16.2. The Balaban J connectivity index is 0.000000141. The molecule has 0 saturated heterocycles. The SMILES string of the molecule is FC(F)(F)Cc1cccc([S+](c2ccccc2)c2ccccc2)c1.FC(F)(F)Cc1cccc([S+](c2ccccc2)c2ccccc2)c1.FC(F)(F)c1cccc([S+](c2ccccc2)c2cccc(C(F)(F)F)c2)c1.FC(F)(F)c1cccc([S+](c2ccccc2)c2ccccc2)c1.Fc1cccc([S+](c2ccccc2)c2cccc(F)c2)c1.Fc1cccc([S+](c2ccccc2)c2ccccc2)c1. The van der Waals surface area contributed by atoms with Gasteiger partial charge in [0.15, 0.2) is 88.1 Å². The summed E-state index contributed by atoms with van der Waals surface area (Å²) in [6.07, 6.45) is -23.6. The van der Waals surface area contributed by atoms with Gasteiger partial charge in [-0.2, -0.15) is 65.9 Å². The van der Waals surface area contributed by atoms with Crippen molar-refractivity contribution in [2.75, 3.05) is 0 Å². The highest BCUT2D eigenvalue weighted by Crippen LogP contribution is 2.43. The van der Waals surface area contributed by atoms with E-state index < -0.39 is 115 Å². The molecule has 0 aromatic heterocycles. The fourth-order valence-electron chi connectivity index (χ4n) is 14.2. The van der Waals surface area contributed by atoms with E-state index in [0.29, 0.717) is 30.7 Å². The zero-order valence-corrected chi connectivity index (χ0v) is 78.4. The second-order valence-electron chi connectivity index (χ2n) is 30.3. The van der Waals surface area contributed by atoms with Gasteiger partial charge >= 0.3 is 30.9 Å². The number of halogens is 18. The lowest BCUT2D eigenvalue weighted by molar-refractivity contribution is -0.138. The van der Waals surface area contributed by atoms with Crippen molar-refractivity contribution in [3.8, 4) is 0 Å². The Morgan fingerprint density at radius 3 is 0.432 bits per heavy atom. The van der Waals surface area contributed by atoms with Gasteiger partial charge in [0.05, 0.1) is 94.9 Å². The van der Waals surface area contributed by atoms with Crippen LogP contribution in [0, 0.1) is 17.5 Å². The lowest BCUT2D eigenvalue weighted by atomic mass is 10.1. The summed E-state index contributed by atoms with van der Waals surface area (Å²) < 4.78 is 235. The predicted octanol–water partition coefficient (Wildman–Crippen LogP) is 34.4. The lowest BCUT2D eigenvalue weighted by Crippen LogP contribution is -2.12. The van der Waals surface area contributed by atoms with Gasteiger partial charge < -0.3 is 0 Å². The van der Waals surface area contributed by atoms with E-state index in [2.05, 4.69) is 24.3 Å². The average molecular weight is 2000 g/mol. The number of hydrogen-bond donors (Lipinski definition) is 0. The van der Waals surface area contributed by atoms with Gasteiger partial charge in [0.1, 0.15) is 17.5 Å². The van der Waals surface area contributed by atoms with Crippen LogP contribution in [0.15, 0.2) is 586 Å². The van der Waals surface area contributed by atoms with E-state index in [9.17, 15) is 79.0 Å². The molecule has 0 saturated carbocycles. The molecular weight excluding hydrogens is 1920 g/mol. The van der Waals surface area contributed by atoms with Crippen LogP contribution in [0.2, 0.25) is 0 Å². The van der Waals surface area contributed by atoms with Gasteiger partial charge in [-0.1, -0.05) is 243 Å². The third kappa shape index (κ3) is 30.9. The molecule has 0 atom stereocenters. The van der Waals surface area contributed by atoms with Crippen molar-refractivity contribution in [2.45, 2.75) is 132 Å². The minimum absolute atomic E-state index is 0.188. The third-order valence-corrected chi connectivity index (χ3v) is 33.4. The Labute approximate surface area is 813 Å². The summed E-state index contributed by atoms with van der Waals surface area (Å²) in [5, 5.41) is 0. The Kier molecular flexibility index (Phi) is 36.7. The molecule has 18 rings (SSSR count). The first kappa shape index (κ1) is 103. The predicted molar refractivity (Wildman–Crippen MR) is 523 cm³/mol. The normalized spacial score (nSPS) is 11.5. The van der Waals surface area contributed by atoms with Crippen LogP contribution in [0.25, 0.3) is 0 Å². The standard InChI is InChI=1S/C20H13F6S.2C20H16F3S.C19H14F3S.C18H13F2S.C18H14FS/c21-19(22,23)14-6-4-10-17(12-14)27(16-8-2-1-3-9-16)18-11-5-7-15(13-18)20(24,25)26;2*21-20(22,23)15-16-8-7-13-19(14-16)24(17-9-3-1-4-10-17)18-11-5-2-6-12-18;20-19(21,22)15-8-7-13-18(14-15)23(16-9-3-1-4-10-16)17-11-5-2-6-12-17;19-14-6-4-10-17(12-14)21(16-8-2-1-3-9-16)18-11-5-7-15(20)13-18;19-15-8-7-13-18(14-15)20(16-9-3-1-4-10-16)17-11-5-2-6-12-17/h1-13H;2*1-14H,15H2;1-14H;1-13H;1-14H/q6*+1. The highest BCUT2D eigenvalue weighted by atomic mass is 32.2. The van der Waals surface area contributed by atoms with Crippen LogP contribution in [-0.2, 0) is 96.7 Å². The van der Waals surface area contributed by atoms with Crippen molar-refractivity contribution in [1.29, 1.82) is 0 Å². The molecule has 0 heterocycles. The van der Waals surface area contributed by atoms with Gasteiger partial charge in [-0.3, -0.25) is 0 Å². The number of rotatable bonds is 20. The van der Waals surface area contributed by atoms with E-state index in [4.69, 9.17) is 0 Å². The highest BCUT2D eigenvalue weighted by molar-refractivity contribution is 7.98. The second-order valence-corrected chi connectivity index (χ2v) is 42.5. The summed E-state index contributed by atoms with van der Waals surface area (Å²) in [7, 11) is -3.29. The van der Waals surface area contributed by atoms with Crippen LogP contribution in [0.4, 0.5) is 79.0 Å². The largest absolute Gasteiger partial charge is 0.416 e. The first-order valence-corrected chi connectivity index (χ1v) is 50.3. The summed E-state index contributed by atoms with van der Waals surface area (Å²) in [6.45, 7) is 0. The molecule has 139 heavy (non-hydrogen) atoms. The topological polar surface area (TPSA) is 0 Å². The number of alkyl halides is 15. The molecule has 0 aliphatic carbocycles. The van der Waals surface area contributed by atoms with Crippen molar-refractivity contribution in [2.24, 2.45) is 0 Å². The van der Waals surface area contributed by atoms with E-state index in [1.165, 1.54) is 88.7 Å². The Bertz CT molecular complexity index is 6400. The van der Waals surface area contributed by atoms with Gasteiger partial charge in [0, 0.05) is 36.4 Å². The highest BCUT2D eigenvalue weighted by Gasteiger charge is 2.41. The van der Waals surface area contributed by atoms with Gasteiger partial charge in [-0.25, -0.2) is 13.2 Å². The fourth-order valence-corrected chi connectivity index (χ4v) is 27.1. The zero-order valence-electron chi connectivity index (χ0n) is 73.5. The minimum atomic E-state index is -4.53. The molecule has 702 valence electrons. The van der Waals surface area contributed by atoms with Crippen LogP contribution < -0.4 is 0 Å². The lowest BCUT2D eigenvalue weighted by Gasteiger charge is -2.12. The molecule has 0 radical (unpaired) electrons. The zero-order chi connectivity index (χ0) is 98.4. The van der Waals surface area contributed by atoms with Crippen LogP contribution in [0.1, 0.15) is 27.8 Å². The van der Waals surface area contributed by atoms with Gasteiger partial charge in [-0.05, 0) is 230 Å². The second kappa shape index (κ2) is 49.4. The van der Waals surface area contributed by atoms with Crippen molar-refractivity contribution in [3.63, 3.8) is 0 Å². The molecular formula is C115H86F18S6+6. The quantitative estimate of drug-likeness (QED) is 0.0527. The van der Waals surface area contributed by atoms with Gasteiger partial charge in [-0.15, -0.1) is 0 Å². The fraction of sp³-hybridized carbons (Fsp3) is 0.0609. The molecule has 0 amide bonds. The van der Waals surface area contributed by atoms with E-state index in [1.807, 2.05) is 279 Å². The molecule has 18 aromatic carbocycles. The Hall–Kier alpha value is -13.2. The number of hydrogen-bond acceptors (Lipinski definition) is 0. The van der Waals surface area contributed by atoms with Gasteiger partial charge in [0.25, 0.3) is 0 Å². The maximum absolute atomic E-state index is 13.6. The summed E-state index contributed by atoms with van der Waals surface area (Å²) in [5.74, 6) is -0.749. The minimum Gasteiger partial charge on any atom is -0.207 e. The maximum atomic E-state index is 13.6. The summed E-state index contributed by atoms with van der Waals surface area (Å²) in [6, 6.07) is 146. The van der Waals surface area contributed by atoms with E-state index >= 15 is 0 Å². The number of benzene rings is 18. The van der Waals surface area contributed by atoms with E-state index in [-0.39, 0.29) is 28.3 Å². The Morgan fingerprint density at radius 1 is 0.137 bits per heavy atom. The molecule has 0 fully saturated rings. The van der Waals surface area contributed by atoms with Crippen molar-refractivity contribution in [3.05, 3.63) is 543 Å². The van der Waals surface area contributed by atoms with E-state index in [0.717, 1.165) is 89.1 Å². The molecule has 0 unspecified atom stereocenters. The molecule has 0 N–H and O–H groups in total. The van der Waals surface area contributed by atoms with Crippen LogP contribution in [-0.4, -0.2) is 12.4 Å². The first-order chi connectivity index (χ1) is 66.9. The first-order valence-electron chi connectivity index (χ1n) is 42.9. The molecule has 0 nitrogen and oxygen atoms in total. The van der Waals surface area contributed by atoms with E-state index in [1.54, 1.807) is 84.9 Å². The van der Waals surface area contributed by atoms with Crippen LogP contribution >= 0.6 is 0 Å². The smallest absolute Gasteiger partial charge is 0.207 e. The monoisotopic (exact) mass is 2000 g/mol. The van der Waals surface area contributed by atoms with Crippen molar-refractivity contribution < 1.29 is 79.0 Å². The summed E-state index contributed by atoms with van der Waals surface area (Å²) in [5.41, 5.74) is -1.69. The van der Waals surface area contributed by atoms with Crippen LogP contribution in [0.5, 0.6) is 0 Å². The van der Waals surface area contributed by atoms with Crippen molar-refractivity contribution in [1.82, 2.24) is 0 Å². The van der Waals surface area contributed by atoms with Crippen molar-refractivity contribution >= 4 is 65.4 Å². The molecule has 24 heteroatoms. The Morgan fingerprint density at radius 2 is 0.273 bits per heavy atom. The summed E-state index contributed by atoms with van der Waals surface area (Å²) >= 11 is 0. The molecule has 18 aromatic rings. The van der Waals surface area contributed by atoms with Gasteiger partial charge in [0.2, 0.25) is 0 Å². The maximum Gasteiger partial charge on any atom is 0.416 e.